The van der Waals surface area contributed by atoms with Crippen molar-refractivity contribution in [1.29, 1.82) is 0 Å². The van der Waals surface area contributed by atoms with Crippen molar-refractivity contribution in [2.75, 3.05) is 6.54 Å². The lowest BCUT2D eigenvalue weighted by Gasteiger charge is -2.20. The van der Waals surface area contributed by atoms with Crippen LogP contribution in [0.3, 0.4) is 0 Å². The second-order valence-electron chi connectivity index (χ2n) is 8.42. The molecule has 0 radical (unpaired) electrons. The molecule has 0 aliphatic heterocycles. The van der Waals surface area contributed by atoms with Gasteiger partial charge in [0, 0.05) is 12.0 Å². The molecule has 2 N–H and O–H groups in total. The van der Waals surface area contributed by atoms with Crippen molar-refractivity contribution in [3.05, 3.63) is 65.7 Å². The predicted octanol–water partition coefficient (Wildman–Crippen LogP) is 5.71. The Kier molecular flexibility index (Phi) is 8.87. The van der Waals surface area contributed by atoms with Gasteiger partial charge in [0.05, 0.1) is 12.6 Å². The smallest absolute Gasteiger partial charge is 0.119 e. The third kappa shape index (κ3) is 7.76. The number of ether oxygens (including phenoxy) is 1. The van der Waals surface area contributed by atoms with Crippen molar-refractivity contribution >= 4 is 0 Å². The maximum atomic E-state index is 5.80. The molecule has 0 saturated carbocycles. The molecular weight excluding hydrogens is 330 g/mol. The second kappa shape index (κ2) is 11.1. The minimum Gasteiger partial charge on any atom is -0.491 e. The van der Waals surface area contributed by atoms with Crippen molar-refractivity contribution in [3.8, 4) is 5.75 Å². The predicted molar refractivity (Wildman–Crippen MR) is 115 cm³/mol. The molecule has 0 spiro atoms. The summed E-state index contributed by atoms with van der Waals surface area (Å²) >= 11 is 0. The minimum atomic E-state index is 0.224. The zero-order valence-electron chi connectivity index (χ0n) is 17.8. The summed E-state index contributed by atoms with van der Waals surface area (Å²) in [6.45, 7) is 12.2. The van der Waals surface area contributed by atoms with Gasteiger partial charge < -0.3 is 10.1 Å². The van der Waals surface area contributed by atoms with Crippen molar-refractivity contribution in [2.45, 2.75) is 71.9 Å². The Hall–Kier alpha value is -1.80. The molecule has 0 aliphatic carbocycles. The molecule has 148 valence electrons. The van der Waals surface area contributed by atoms with Gasteiger partial charge in [-0.3, -0.25) is 0 Å². The molecule has 0 fully saturated rings. The van der Waals surface area contributed by atoms with Gasteiger partial charge in [-0.05, 0) is 56.7 Å². The lowest BCUT2D eigenvalue weighted by molar-refractivity contribution is -0.693. The summed E-state index contributed by atoms with van der Waals surface area (Å²) < 4.78 is 5.80. The van der Waals surface area contributed by atoms with Crippen molar-refractivity contribution in [2.24, 2.45) is 5.92 Å². The molecule has 0 saturated heterocycles. The summed E-state index contributed by atoms with van der Waals surface area (Å²) in [6, 6.07) is 20.1. The molecule has 0 aliphatic rings. The molecule has 27 heavy (non-hydrogen) atoms. The molecule has 2 nitrogen and oxygen atoms in total. The fraction of sp³-hybridized carbons (Fsp3) is 0.520. The highest BCUT2D eigenvalue weighted by molar-refractivity contribution is 5.29. The van der Waals surface area contributed by atoms with E-state index in [9.17, 15) is 0 Å². The Labute approximate surface area is 166 Å². The number of rotatable bonds is 11. The van der Waals surface area contributed by atoms with Gasteiger partial charge in [-0.2, -0.15) is 0 Å². The number of benzene rings is 2. The van der Waals surface area contributed by atoms with Crippen LogP contribution in [0.15, 0.2) is 54.6 Å². The van der Waals surface area contributed by atoms with Gasteiger partial charge in [-0.15, -0.1) is 0 Å². The average molecular weight is 369 g/mol. The minimum absolute atomic E-state index is 0.224. The summed E-state index contributed by atoms with van der Waals surface area (Å²) in [5.74, 6) is 2.35. The van der Waals surface area contributed by atoms with E-state index in [1.54, 1.807) is 0 Å². The molecule has 2 heteroatoms. The third-order valence-corrected chi connectivity index (χ3v) is 5.18. The monoisotopic (exact) mass is 368 g/mol. The van der Waals surface area contributed by atoms with Crippen LogP contribution in [-0.2, 0) is 0 Å². The lowest BCUT2D eigenvalue weighted by Crippen LogP contribution is -2.84. The van der Waals surface area contributed by atoms with Gasteiger partial charge in [0.25, 0.3) is 0 Å². The normalized spacial score (nSPS) is 13.7. The highest BCUT2D eigenvalue weighted by atomic mass is 16.5. The topological polar surface area (TPSA) is 25.8 Å². The Morgan fingerprint density at radius 3 is 2.00 bits per heavy atom. The van der Waals surface area contributed by atoms with E-state index in [0.29, 0.717) is 12.0 Å². The fourth-order valence-corrected chi connectivity index (χ4v) is 3.54. The number of nitrogens with two attached hydrogens (primary N) is 1. The van der Waals surface area contributed by atoms with E-state index >= 15 is 0 Å². The van der Waals surface area contributed by atoms with Crippen LogP contribution in [0.5, 0.6) is 5.75 Å². The van der Waals surface area contributed by atoms with Gasteiger partial charge in [0.1, 0.15) is 11.8 Å². The summed E-state index contributed by atoms with van der Waals surface area (Å²) in [6.07, 6.45) is 3.98. The molecule has 2 aromatic rings. The fourth-order valence-electron chi connectivity index (χ4n) is 3.54. The molecule has 2 rings (SSSR count). The quantitative estimate of drug-likeness (QED) is 0.540. The molecule has 0 aromatic heterocycles. The van der Waals surface area contributed by atoms with Crippen LogP contribution in [-0.4, -0.2) is 12.6 Å². The van der Waals surface area contributed by atoms with Gasteiger partial charge in [-0.25, -0.2) is 0 Å². The zero-order valence-corrected chi connectivity index (χ0v) is 17.8. The van der Waals surface area contributed by atoms with Gasteiger partial charge >= 0.3 is 0 Å². The molecule has 2 aromatic carbocycles. The molecule has 2 atom stereocenters. The van der Waals surface area contributed by atoms with Crippen molar-refractivity contribution in [3.63, 3.8) is 0 Å². The van der Waals surface area contributed by atoms with Crippen LogP contribution >= 0.6 is 0 Å². The maximum Gasteiger partial charge on any atom is 0.119 e. The zero-order chi connectivity index (χ0) is 19.6. The van der Waals surface area contributed by atoms with Crippen LogP contribution in [0.25, 0.3) is 0 Å². The summed E-state index contributed by atoms with van der Waals surface area (Å²) in [4.78, 5) is 0. The van der Waals surface area contributed by atoms with Crippen molar-refractivity contribution < 1.29 is 10.1 Å². The standard InChI is InChI=1S/C25H37NO/c1-19(2)11-12-24(23-13-15-25(16-14-23)27-20(3)4)17-18-26-21(5)22-9-7-6-8-10-22/h6-10,13-16,19-21,24,26H,11-12,17-18H2,1-5H3/p+1/t21-,24+/m1/s1. The van der Waals surface area contributed by atoms with Gasteiger partial charge in [0.15, 0.2) is 0 Å². The van der Waals surface area contributed by atoms with Crippen LogP contribution in [0.4, 0.5) is 0 Å². The number of hydrogen-bond acceptors (Lipinski definition) is 1. The molecule has 0 heterocycles. The first kappa shape index (κ1) is 21.5. The summed E-state index contributed by atoms with van der Waals surface area (Å²) in [7, 11) is 0. The average Bonchev–Trinajstić information content (AvgIpc) is 2.65. The van der Waals surface area contributed by atoms with Crippen molar-refractivity contribution in [1.82, 2.24) is 0 Å². The van der Waals surface area contributed by atoms with Crippen LogP contribution in [0, 0.1) is 5.92 Å². The van der Waals surface area contributed by atoms with Gasteiger partial charge in [-0.1, -0.05) is 62.7 Å². The third-order valence-electron chi connectivity index (χ3n) is 5.18. The van der Waals surface area contributed by atoms with E-state index in [1.807, 2.05) is 0 Å². The van der Waals surface area contributed by atoms with E-state index in [1.165, 1.54) is 30.4 Å². The van der Waals surface area contributed by atoms with E-state index in [2.05, 4.69) is 94.5 Å². The van der Waals surface area contributed by atoms with Gasteiger partial charge in [0.2, 0.25) is 0 Å². The molecule has 0 unspecified atom stereocenters. The Morgan fingerprint density at radius 1 is 0.741 bits per heavy atom. The summed E-state index contributed by atoms with van der Waals surface area (Å²) in [5.41, 5.74) is 2.86. The largest absolute Gasteiger partial charge is 0.491 e. The van der Waals surface area contributed by atoms with E-state index in [4.69, 9.17) is 4.74 Å². The Morgan fingerprint density at radius 2 is 1.41 bits per heavy atom. The lowest BCUT2D eigenvalue weighted by atomic mass is 9.88. The number of hydrogen-bond donors (Lipinski definition) is 1. The summed E-state index contributed by atoms with van der Waals surface area (Å²) in [5, 5.41) is 2.48. The SMILES string of the molecule is CC(C)CC[C@@H](CC[NH2+][C@H](C)c1ccccc1)c1ccc(OC(C)C)cc1. The first-order chi connectivity index (χ1) is 13.0. The first-order valence-corrected chi connectivity index (χ1v) is 10.6. The molecular formula is C25H38NO+. The van der Waals surface area contributed by atoms with Crippen LogP contribution in [0.1, 0.15) is 77.0 Å². The number of quaternary nitrogens is 1. The Balaban J connectivity index is 1.95. The molecule has 0 bridgehead atoms. The highest BCUT2D eigenvalue weighted by Gasteiger charge is 2.15. The molecule has 0 amide bonds. The van der Waals surface area contributed by atoms with E-state index in [0.717, 1.165) is 18.2 Å². The van der Waals surface area contributed by atoms with E-state index < -0.39 is 0 Å². The first-order valence-electron chi connectivity index (χ1n) is 10.6. The van der Waals surface area contributed by atoms with E-state index in [-0.39, 0.29) is 6.10 Å². The van der Waals surface area contributed by atoms with Crippen LogP contribution < -0.4 is 10.1 Å². The second-order valence-corrected chi connectivity index (χ2v) is 8.42. The Bertz CT molecular complexity index is 633. The van der Waals surface area contributed by atoms with Crippen LogP contribution in [0.2, 0.25) is 0 Å². The highest BCUT2D eigenvalue weighted by Crippen LogP contribution is 2.28. The maximum absolute atomic E-state index is 5.80.